The molecule has 6 nitrogen and oxygen atoms in total. The zero-order valence-corrected chi connectivity index (χ0v) is 13.0. The van der Waals surface area contributed by atoms with Crippen molar-refractivity contribution in [1.29, 1.82) is 0 Å². The van der Waals surface area contributed by atoms with E-state index in [1.165, 1.54) is 6.42 Å². The van der Waals surface area contributed by atoms with Crippen LogP contribution in [0.1, 0.15) is 19.3 Å². The summed E-state index contributed by atoms with van der Waals surface area (Å²) in [5.74, 6) is 1.41. The zero-order valence-electron chi connectivity index (χ0n) is 12.3. The number of rotatable bonds is 2. The number of piperazine rings is 1. The highest BCUT2D eigenvalue weighted by Gasteiger charge is 2.31. The Balaban J connectivity index is 1.48. The van der Waals surface area contributed by atoms with Crippen LogP contribution in [0.5, 0.6) is 0 Å². The number of anilines is 1. The molecule has 0 atom stereocenters. The summed E-state index contributed by atoms with van der Waals surface area (Å²) in [5.41, 5.74) is 0.785. The molecule has 1 amide bonds. The van der Waals surface area contributed by atoms with Gasteiger partial charge in [-0.2, -0.15) is 0 Å². The predicted molar refractivity (Wildman–Crippen MR) is 84.1 cm³/mol. The van der Waals surface area contributed by atoms with Gasteiger partial charge < -0.3 is 9.80 Å². The Labute approximate surface area is 133 Å². The van der Waals surface area contributed by atoms with E-state index in [9.17, 15) is 4.79 Å². The number of amides is 1. The minimum atomic E-state index is 0.277. The van der Waals surface area contributed by atoms with E-state index in [0.717, 1.165) is 50.6 Å². The van der Waals surface area contributed by atoms with Gasteiger partial charge >= 0.3 is 0 Å². The van der Waals surface area contributed by atoms with Gasteiger partial charge in [0.25, 0.3) is 0 Å². The van der Waals surface area contributed by atoms with Gasteiger partial charge in [-0.15, -0.1) is 10.2 Å². The van der Waals surface area contributed by atoms with Gasteiger partial charge in [-0.25, -0.2) is 0 Å². The third kappa shape index (κ3) is 2.31. The van der Waals surface area contributed by atoms with Crippen LogP contribution in [-0.4, -0.2) is 51.6 Å². The average Bonchev–Trinajstić information content (AvgIpc) is 2.88. The molecule has 0 N–H and O–H groups in total. The SMILES string of the molecule is O=C(C1CCC1)N1CCN(c2nnc3ccc(Cl)cn23)CC1. The van der Waals surface area contributed by atoms with Gasteiger partial charge in [-0.3, -0.25) is 9.20 Å². The van der Waals surface area contributed by atoms with Crippen molar-refractivity contribution >= 4 is 29.1 Å². The predicted octanol–water partition coefficient (Wildman–Crippen LogP) is 1.83. The summed E-state index contributed by atoms with van der Waals surface area (Å²) >= 11 is 6.06. The quantitative estimate of drug-likeness (QED) is 0.847. The maximum absolute atomic E-state index is 12.3. The van der Waals surface area contributed by atoms with Crippen LogP contribution < -0.4 is 4.90 Å². The molecule has 1 aliphatic carbocycles. The maximum Gasteiger partial charge on any atom is 0.231 e. The number of hydrogen-bond acceptors (Lipinski definition) is 4. The highest BCUT2D eigenvalue weighted by Crippen LogP contribution is 2.29. The van der Waals surface area contributed by atoms with Gasteiger partial charge in [-0.05, 0) is 25.0 Å². The maximum atomic E-state index is 12.3. The third-order valence-electron chi connectivity index (χ3n) is 4.68. The molecule has 3 heterocycles. The van der Waals surface area contributed by atoms with Gasteiger partial charge in [-0.1, -0.05) is 18.0 Å². The van der Waals surface area contributed by atoms with Crippen LogP contribution in [0, 0.1) is 5.92 Å². The highest BCUT2D eigenvalue weighted by atomic mass is 35.5. The lowest BCUT2D eigenvalue weighted by Crippen LogP contribution is -2.51. The number of fused-ring (bicyclic) bond motifs is 1. The second-order valence-corrected chi connectivity index (χ2v) is 6.45. The lowest BCUT2D eigenvalue weighted by atomic mass is 9.84. The van der Waals surface area contributed by atoms with E-state index in [-0.39, 0.29) is 5.92 Å². The van der Waals surface area contributed by atoms with Crippen LogP contribution in [0.15, 0.2) is 18.3 Å². The van der Waals surface area contributed by atoms with E-state index in [4.69, 9.17) is 11.6 Å². The van der Waals surface area contributed by atoms with Crippen molar-refractivity contribution in [2.45, 2.75) is 19.3 Å². The van der Waals surface area contributed by atoms with E-state index < -0.39 is 0 Å². The lowest BCUT2D eigenvalue weighted by molar-refractivity contribution is -0.138. The summed E-state index contributed by atoms with van der Waals surface area (Å²) in [6.45, 7) is 3.08. The molecule has 0 bridgehead atoms. The number of nitrogens with zero attached hydrogens (tertiary/aromatic N) is 5. The second kappa shape index (κ2) is 5.43. The van der Waals surface area contributed by atoms with Crippen LogP contribution in [0.2, 0.25) is 5.02 Å². The van der Waals surface area contributed by atoms with Gasteiger partial charge in [0.05, 0.1) is 5.02 Å². The van der Waals surface area contributed by atoms with E-state index >= 15 is 0 Å². The molecule has 2 aromatic heterocycles. The van der Waals surface area contributed by atoms with E-state index in [1.807, 2.05) is 27.6 Å². The Bertz CT molecular complexity index is 703. The molecule has 2 fully saturated rings. The Morgan fingerprint density at radius 1 is 1.14 bits per heavy atom. The molecule has 7 heteroatoms. The zero-order chi connectivity index (χ0) is 15.1. The molecule has 22 heavy (non-hydrogen) atoms. The summed E-state index contributed by atoms with van der Waals surface area (Å²) in [6.07, 6.45) is 5.15. The first-order valence-electron chi connectivity index (χ1n) is 7.76. The van der Waals surface area contributed by atoms with Gasteiger partial charge in [0.15, 0.2) is 5.65 Å². The highest BCUT2D eigenvalue weighted by molar-refractivity contribution is 6.30. The first-order chi connectivity index (χ1) is 10.7. The minimum Gasteiger partial charge on any atom is -0.339 e. The second-order valence-electron chi connectivity index (χ2n) is 6.02. The largest absolute Gasteiger partial charge is 0.339 e. The van der Waals surface area contributed by atoms with Crippen molar-refractivity contribution in [1.82, 2.24) is 19.5 Å². The van der Waals surface area contributed by atoms with Crippen molar-refractivity contribution in [3.8, 4) is 0 Å². The van der Waals surface area contributed by atoms with Gasteiger partial charge in [0.2, 0.25) is 11.9 Å². The molecule has 116 valence electrons. The van der Waals surface area contributed by atoms with E-state index in [0.29, 0.717) is 10.9 Å². The number of halogens is 1. The summed E-state index contributed by atoms with van der Waals surface area (Å²) < 4.78 is 1.91. The van der Waals surface area contributed by atoms with Gasteiger partial charge in [0.1, 0.15) is 0 Å². The minimum absolute atomic E-state index is 0.277. The van der Waals surface area contributed by atoms with Gasteiger partial charge in [0, 0.05) is 38.3 Å². The molecule has 1 saturated carbocycles. The van der Waals surface area contributed by atoms with Crippen molar-refractivity contribution in [3.05, 3.63) is 23.4 Å². The molecular formula is C15H18ClN5O. The first-order valence-corrected chi connectivity index (χ1v) is 8.14. The first kappa shape index (κ1) is 13.8. The summed E-state index contributed by atoms with van der Waals surface area (Å²) in [5, 5.41) is 9.10. The van der Waals surface area contributed by atoms with Crippen LogP contribution in [-0.2, 0) is 4.79 Å². The Kier molecular flexibility index (Phi) is 3.41. The number of hydrogen-bond donors (Lipinski definition) is 0. The third-order valence-corrected chi connectivity index (χ3v) is 4.90. The number of carbonyl (C=O) groups is 1. The topological polar surface area (TPSA) is 53.7 Å². The fourth-order valence-electron chi connectivity index (χ4n) is 3.11. The standard InChI is InChI=1S/C15H18ClN5O/c16-12-4-5-13-17-18-15(21(13)10-12)20-8-6-19(7-9-20)14(22)11-2-1-3-11/h4-5,10-11H,1-3,6-9H2. The Morgan fingerprint density at radius 2 is 1.91 bits per heavy atom. The molecule has 4 rings (SSSR count). The molecule has 0 spiro atoms. The van der Waals surface area contributed by atoms with Crippen LogP contribution >= 0.6 is 11.6 Å². The molecule has 0 aromatic carbocycles. The summed E-state index contributed by atoms with van der Waals surface area (Å²) in [4.78, 5) is 16.5. The van der Waals surface area contributed by atoms with Crippen LogP contribution in [0.3, 0.4) is 0 Å². The van der Waals surface area contributed by atoms with E-state index in [1.54, 1.807) is 0 Å². The van der Waals surface area contributed by atoms with Crippen LogP contribution in [0.4, 0.5) is 5.95 Å². The van der Waals surface area contributed by atoms with Crippen molar-refractivity contribution < 1.29 is 4.79 Å². The Morgan fingerprint density at radius 3 is 2.59 bits per heavy atom. The molecule has 1 aliphatic heterocycles. The molecule has 2 aliphatic rings. The number of carbonyl (C=O) groups excluding carboxylic acids is 1. The monoisotopic (exact) mass is 319 g/mol. The van der Waals surface area contributed by atoms with E-state index in [2.05, 4.69) is 15.1 Å². The van der Waals surface area contributed by atoms with Crippen molar-refractivity contribution in [2.75, 3.05) is 31.1 Å². The Hall–Kier alpha value is -1.82. The summed E-state index contributed by atoms with van der Waals surface area (Å²) in [7, 11) is 0. The number of pyridine rings is 1. The fourth-order valence-corrected chi connectivity index (χ4v) is 3.27. The van der Waals surface area contributed by atoms with Crippen molar-refractivity contribution in [3.63, 3.8) is 0 Å². The molecular weight excluding hydrogens is 302 g/mol. The number of aromatic nitrogens is 3. The molecule has 1 saturated heterocycles. The average molecular weight is 320 g/mol. The smallest absolute Gasteiger partial charge is 0.231 e. The molecule has 2 aromatic rings. The lowest BCUT2D eigenvalue weighted by Gasteiger charge is -2.38. The molecule has 0 unspecified atom stereocenters. The summed E-state index contributed by atoms with van der Waals surface area (Å²) in [6, 6.07) is 3.67. The van der Waals surface area contributed by atoms with Crippen molar-refractivity contribution in [2.24, 2.45) is 5.92 Å². The fraction of sp³-hybridized carbons (Fsp3) is 0.533. The molecule has 0 radical (unpaired) electrons. The van der Waals surface area contributed by atoms with Crippen LogP contribution in [0.25, 0.3) is 5.65 Å². The normalized spacial score (nSPS) is 19.5.